The van der Waals surface area contributed by atoms with Crippen molar-refractivity contribution in [2.75, 3.05) is 5.32 Å². The zero-order valence-electron chi connectivity index (χ0n) is 9.07. The van der Waals surface area contributed by atoms with Crippen LogP contribution in [0.15, 0.2) is 47.2 Å². The Bertz CT molecular complexity index is 469. The summed E-state index contributed by atoms with van der Waals surface area (Å²) in [7, 11) is 0. The fourth-order valence-electron chi connectivity index (χ4n) is 1.52. The van der Waals surface area contributed by atoms with Gasteiger partial charge in [0.25, 0.3) is 0 Å². The second kappa shape index (κ2) is 5.12. The molecule has 3 heteroatoms. The SMILES string of the molecule is Cc1cc(Br)ccc1NCc1ccncc1. The van der Waals surface area contributed by atoms with E-state index >= 15 is 0 Å². The van der Waals surface area contributed by atoms with Crippen LogP contribution in [0.5, 0.6) is 0 Å². The van der Waals surface area contributed by atoms with Crippen molar-refractivity contribution in [2.45, 2.75) is 13.5 Å². The molecule has 0 fully saturated rings. The molecule has 2 aromatic rings. The maximum atomic E-state index is 4.00. The number of halogens is 1. The number of anilines is 1. The van der Waals surface area contributed by atoms with Gasteiger partial charge in [0.05, 0.1) is 0 Å². The molecule has 0 atom stereocenters. The lowest BCUT2D eigenvalue weighted by Crippen LogP contribution is -2.00. The number of aryl methyl sites for hydroxylation is 1. The number of pyridine rings is 1. The van der Waals surface area contributed by atoms with Crippen LogP contribution < -0.4 is 5.32 Å². The summed E-state index contributed by atoms with van der Waals surface area (Å²) in [5.41, 5.74) is 3.64. The number of benzene rings is 1. The summed E-state index contributed by atoms with van der Waals surface area (Å²) < 4.78 is 1.11. The minimum absolute atomic E-state index is 0.824. The van der Waals surface area contributed by atoms with Crippen LogP contribution in [0.1, 0.15) is 11.1 Å². The average molecular weight is 277 g/mol. The predicted octanol–water partition coefficient (Wildman–Crippen LogP) is 3.76. The maximum absolute atomic E-state index is 4.00. The highest BCUT2D eigenvalue weighted by atomic mass is 79.9. The molecule has 0 saturated heterocycles. The van der Waals surface area contributed by atoms with Gasteiger partial charge in [0, 0.05) is 29.1 Å². The molecular formula is C13H13BrN2. The molecule has 1 aromatic carbocycles. The highest BCUT2D eigenvalue weighted by Crippen LogP contribution is 2.20. The first-order valence-corrected chi connectivity index (χ1v) is 5.94. The summed E-state index contributed by atoms with van der Waals surface area (Å²) in [6.07, 6.45) is 3.62. The van der Waals surface area contributed by atoms with E-state index in [9.17, 15) is 0 Å². The number of aromatic nitrogens is 1. The number of nitrogens with one attached hydrogen (secondary N) is 1. The second-order valence-corrected chi connectivity index (χ2v) is 4.58. The highest BCUT2D eigenvalue weighted by Gasteiger charge is 1.98. The molecule has 0 spiro atoms. The van der Waals surface area contributed by atoms with Crippen molar-refractivity contribution in [3.05, 3.63) is 58.3 Å². The lowest BCUT2D eigenvalue weighted by molar-refractivity contribution is 1.12. The predicted molar refractivity (Wildman–Crippen MR) is 70.4 cm³/mol. The minimum Gasteiger partial charge on any atom is -0.381 e. The normalized spacial score (nSPS) is 10.1. The highest BCUT2D eigenvalue weighted by molar-refractivity contribution is 9.10. The first-order valence-electron chi connectivity index (χ1n) is 5.14. The van der Waals surface area contributed by atoms with Crippen LogP contribution in [-0.4, -0.2) is 4.98 Å². The Morgan fingerprint density at radius 3 is 2.62 bits per heavy atom. The molecule has 0 aliphatic rings. The van der Waals surface area contributed by atoms with E-state index in [1.54, 1.807) is 0 Å². The van der Waals surface area contributed by atoms with Crippen molar-refractivity contribution in [2.24, 2.45) is 0 Å². The zero-order chi connectivity index (χ0) is 11.4. The Hall–Kier alpha value is -1.35. The smallest absolute Gasteiger partial charge is 0.0401 e. The van der Waals surface area contributed by atoms with Crippen LogP contribution in [0.25, 0.3) is 0 Å². The van der Waals surface area contributed by atoms with Crippen LogP contribution >= 0.6 is 15.9 Å². The standard InChI is InChI=1S/C13H13BrN2/c1-10-8-12(14)2-3-13(10)16-9-11-4-6-15-7-5-11/h2-8,16H,9H2,1H3. The molecule has 0 aliphatic carbocycles. The minimum atomic E-state index is 0.824. The third-order valence-corrected chi connectivity index (χ3v) is 2.91. The maximum Gasteiger partial charge on any atom is 0.0401 e. The summed E-state index contributed by atoms with van der Waals surface area (Å²) in [5, 5.41) is 3.41. The summed E-state index contributed by atoms with van der Waals surface area (Å²) in [5.74, 6) is 0. The molecule has 0 unspecified atom stereocenters. The van der Waals surface area contributed by atoms with Gasteiger partial charge >= 0.3 is 0 Å². The molecule has 1 heterocycles. The third kappa shape index (κ3) is 2.83. The first kappa shape index (κ1) is 11.1. The van der Waals surface area contributed by atoms with Crippen molar-refractivity contribution in [1.29, 1.82) is 0 Å². The van der Waals surface area contributed by atoms with Crippen LogP contribution in [0, 0.1) is 6.92 Å². The summed E-state index contributed by atoms with van der Waals surface area (Å²) in [6.45, 7) is 2.92. The van der Waals surface area contributed by atoms with Gasteiger partial charge in [-0.2, -0.15) is 0 Å². The molecule has 0 radical (unpaired) electrons. The van der Waals surface area contributed by atoms with Gasteiger partial charge in [0.1, 0.15) is 0 Å². The molecule has 0 amide bonds. The molecule has 1 N–H and O–H groups in total. The Morgan fingerprint density at radius 2 is 1.94 bits per heavy atom. The Labute approximate surface area is 104 Å². The third-order valence-electron chi connectivity index (χ3n) is 2.42. The topological polar surface area (TPSA) is 24.9 Å². The van der Waals surface area contributed by atoms with E-state index in [1.807, 2.05) is 30.6 Å². The Kier molecular flexibility index (Phi) is 3.57. The van der Waals surface area contributed by atoms with Crippen molar-refractivity contribution in [1.82, 2.24) is 4.98 Å². The van der Waals surface area contributed by atoms with Gasteiger partial charge in [-0.1, -0.05) is 15.9 Å². The fraction of sp³-hybridized carbons (Fsp3) is 0.154. The van der Waals surface area contributed by atoms with Crippen molar-refractivity contribution in [3.8, 4) is 0 Å². The number of hydrogen-bond donors (Lipinski definition) is 1. The van der Waals surface area contributed by atoms with E-state index in [0.29, 0.717) is 0 Å². The van der Waals surface area contributed by atoms with Gasteiger partial charge in [-0.3, -0.25) is 4.98 Å². The molecular weight excluding hydrogens is 264 g/mol. The van der Waals surface area contributed by atoms with Crippen LogP contribution in [0.2, 0.25) is 0 Å². The number of nitrogens with zero attached hydrogens (tertiary/aromatic N) is 1. The summed E-state index contributed by atoms with van der Waals surface area (Å²) in [4.78, 5) is 4.00. The van der Waals surface area contributed by atoms with Gasteiger partial charge in [-0.15, -0.1) is 0 Å². The Balaban J connectivity index is 2.05. The van der Waals surface area contributed by atoms with Crippen LogP contribution in [0.4, 0.5) is 5.69 Å². The molecule has 16 heavy (non-hydrogen) atoms. The van der Waals surface area contributed by atoms with Crippen molar-refractivity contribution in [3.63, 3.8) is 0 Å². The molecule has 2 rings (SSSR count). The molecule has 82 valence electrons. The number of hydrogen-bond acceptors (Lipinski definition) is 2. The van der Waals surface area contributed by atoms with E-state index in [-0.39, 0.29) is 0 Å². The van der Waals surface area contributed by atoms with E-state index in [4.69, 9.17) is 0 Å². The molecule has 0 bridgehead atoms. The van der Waals surface area contributed by atoms with Gasteiger partial charge in [0.2, 0.25) is 0 Å². The lowest BCUT2D eigenvalue weighted by Gasteiger charge is -2.09. The van der Waals surface area contributed by atoms with Crippen molar-refractivity contribution < 1.29 is 0 Å². The first-order chi connectivity index (χ1) is 7.75. The average Bonchev–Trinajstić information content (AvgIpc) is 2.29. The van der Waals surface area contributed by atoms with E-state index in [0.717, 1.165) is 11.0 Å². The van der Waals surface area contributed by atoms with Crippen LogP contribution in [-0.2, 0) is 6.54 Å². The van der Waals surface area contributed by atoms with E-state index in [2.05, 4.69) is 45.3 Å². The molecule has 1 aromatic heterocycles. The summed E-state index contributed by atoms with van der Waals surface area (Å²) in [6, 6.07) is 10.3. The lowest BCUT2D eigenvalue weighted by atomic mass is 10.2. The summed E-state index contributed by atoms with van der Waals surface area (Å²) >= 11 is 3.46. The van der Waals surface area contributed by atoms with Gasteiger partial charge in [-0.25, -0.2) is 0 Å². The molecule has 2 nitrogen and oxygen atoms in total. The van der Waals surface area contributed by atoms with Crippen molar-refractivity contribution >= 4 is 21.6 Å². The quantitative estimate of drug-likeness (QED) is 0.923. The zero-order valence-corrected chi connectivity index (χ0v) is 10.7. The monoisotopic (exact) mass is 276 g/mol. The largest absolute Gasteiger partial charge is 0.381 e. The Morgan fingerprint density at radius 1 is 1.19 bits per heavy atom. The van der Waals surface area contributed by atoms with E-state index in [1.165, 1.54) is 16.8 Å². The van der Waals surface area contributed by atoms with Gasteiger partial charge < -0.3 is 5.32 Å². The number of rotatable bonds is 3. The second-order valence-electron chi connectivity index (χ2n) is 3.67. The fourth-order valence-corrected chi connectivity index (χ4v) is 2.00. The molecule has 0 saturated carbocycles. The van der Waals surface area contributed by atoms with Gasteiger partial charge in [0.15, 0.2) is 0 Å². The molecule has 0 aliphatic heterocycles. The van der Waals surface area contributed by atoms with Gasteiger partial charge in [-0.05, 0) is 48.4 Å². The van der Waals surface area contributed by atoms with E-state index < -0.39 is 0 Å². The van der Waals surface area contributed by atoms with Crippen LogP contribution in [0.3, 0.4) is 0 Å².